The number of rotatable bonds is 3. The fourth-order valence-corrected chi connectivity index (χ4v) is 2.69. The molecule has 0 amide bonds. The zero-order valence-corrected chi connectivity index (χ0v) is 11.3. The highest BCUT2D eigenvalue weighted by atomic mass is 16.5. The molecule has 1 aliphatic carbocycles. The van der Waals surface area contributed by atoms with Crippen LogP contribution in [0.2, 0.25) is 0 Å². The first kappa shape index (κ1) is 14.0. The van der Waals surface area contributed by atoms with Gasteiger partial charge in [-0.15, -0.1) is 0 Å². The maximum atomic E-state index is 5.98. The van der Waals surface area contributed by atoms with Crippen molar-refractivity contribution in [1.82, 2.24) is 0 Å². The Labute approximate surface area is 102 Å². The number of hydrogen-bond donors (Lipinski definition) is 0. The third-order valence-electron chi connectivity index (χ3n) is 3.70. The van der Waals surface area contributed by atoms with E-state index in [-0.39, 0.29) is 0 Å². The lowest BCUT2D eigenvalue weighted by molar-refractivity contribution is 0.0302. The molecule has 0 aliphatic heterocycles. The van der Waals surface area contributed by atoms with Gasteiger partial charge >= 0.3 is 0 Å². The number of ether oxygens (including phenoxy) is 1. The van der Waals surface area contributed by atoms with Gasteiger partial charge in [0, 0.05) is 6.61 Å². The molecule has 0 radical (unpaired) electrons. The van der Waals surface area contributed by atoms with Crippen LogP contribution < -0.4 is 0 Å². The van der Waals surface area contributed by atoms with Crippen molar-refractivity contribution in [2.75, 3.05) is 6.61 Å². The summed E-state index contributed by atoms with van der Waals surface area (Å²) in [5, 5.41) is 0. The average molecular weight is 226 g/mol. The lowest BCUT2D eigenvalue weighted by atomic mass is 9.95. The summed E-state index contributed by atoms with van der Waals surface area (Å²) in [5.41, 5.74) is 0. The first-order chi connectivity index (χ1) is 7.83. The van der Waals surface area contributed by atoms with E-state index < -0.39 is 0 Å². The fourth-order valence-electron chi connectivity index (χ4n) is 2.69. The highest BCUT2D eigenvalue weighted by Crippen LogP contribution is 2.22. The molecule has 2 unspecified atom stereocenters. The van der Waals surface area contributed by atoms with E-state index in [1.165, 1.54) is 57.8 Å². The molecule has 0 heterocycles. The smallest absolute Gasteiger partial charge is 0.0577 e. The van der Waals surface area contributed by atoms with E-state index in [9.17, 15) is 0 Å². The maximum Gasteiger partial charge on any atom is 0.0577 e. The zero-order valence-electron chi connectivity index (χ0n) is 11.3. The Hall–Kier alpha value is -0.0400. The van der Waals surface area contributed by atoms with Gasteiger partial charge in [0.2, 0.25) is 0 Å². The summed E-state index contributed by atoms with van der Waals surface area (Å²) >= 11 is 0. The van der Waals surface area contributed by atoms with E-state index in [0.29, 0.717) is 6.10 Å². The van der Waals surface area contributed by atoms with E-state index >= 15 is 0 Å². The van der Waals surface area contributed by atoms with Crippen LogP contribution in [0, 0.1) is 5.92 Å². The minimum Gasteiger partial charge on any atom is -0.378 e. The highest BCUT2D eigenvalue weighted by molar-refractivity contribution is 4.66. The van der Waals surface area contributed by atoms with Gasteiger partial charge in [-0.05, 0) is 25.2 Å². The highest BCUT2D eigenvalue weighted by Gasteiger charge is 2.14. The van der Waals surface area contributed by atoms with Crippen LogP contribution in [0.3, 0.4) is 0 Å². The Morgan fingerprint density at radius 3 is 2.25 bits per heavy atom. The van der Waals surface area contributed by atoms with Crippen LogP contribution in [-0.4, -0.2) is 12.7 Å². The second kappa shape index (κ2) is 9.04. The Kier molecular flexibility index (Phi) is 7.92. The second-order valence-corrected chi connectivity index (χ2v) is 5.53. The van der Waals surface area contributed by atoms with Crippen molar-refractivity contribution in [3.05, 3.63) is 0 Å². The van der Waals surface area contributed by atoms with Crippen molar-refractivity contribution >= 4 is 0 Å². The molecule has 0 aromatic rings. The first-order valence-corrected chi connectivity index (χ1v) is 7.44. The van der Waals surface area contributed by atoms with Gasteiger partial charge in [-0.3, -0.25) is 0 Å². The topological polar surface area (TPSA) is 9.23 Å². The lowest BCUT2D eigenvalue weighted by Crippen LogP contribution is -2.17. The normalized spacial score (nSPS) is 29.6. The third-order valence-corrected chi connectivity index (χ3v) is 3.70. The van der Waals surface area contributed by atoms with Crippen LogP contribution in [0.25, 0.3) is 0 Å². The van der Waals surface area contributed by atoms with Crippen LogP contribution in [0.5, 0.6) is 0 Å². The van der Waals surface area contributed by atoms with Crippen molar-refractivity contribution in [3.8, 4) is 0 Å². The molecule has 16 heavy (non-hydrogen) atoms. The molecule has 0 saturated heterocycles. The molecule has 1 fully saturated rings. The van der Waals surface area contributed by atoms with Gasteiger partial charge < -0.3 is 4.74 Å². The van der Waals surface area contributed by atoms with Crippen LogP contribution in [0.1, 0.15) is 78.1 Å². The van der Waals surface area contributed by atoms with E-state index in [1.54, 1.807) is 0 Å². The molecule has 2 atom stereocenters. The summed E-state index contributed by atoms with van der Waals surface area (Å²) in [7, 11) is 0. The van der Waals surface area contributed by atoms with Gasteiger partial charge in [-0.25, -0.2) is 0 Å². The van der Waals surface area contributed by atoms with Crippen LogP contribution in [0.15, 0.2) is 0 Å². The Balaban J connectivity index is 2.32. The van der Waals surface area contributed by atoms with Gasteiger partial charge in [0.15, 0.2) is 0 Å². The average Bonchev–Trinajstić information content (AvgIpc) is 2.32. The predicted molar refractivity (Wildman–Crippen MR) is 70.7 cm³/mol. The van der Waals surface area contributed by atoms with E-state index in [1.807, 2.05) is 0 Å². The van der Waals surface area contributed by atoms with Crippen molar-refractivity contribution in [2.45, 2.75) is 84.2 Å². The van der Waals surface area contributed by atoms with E-state index in [4.69, 9.17) is 4.74 Å². The fraction of sp³-hybridized carbons (Fsp3) is 1.00. The van der Waals surface area contributed by atoms with Crippen LogP contribution >= 0.6 is 0 Å². The van der Waals surface area contributed by atoms with Crippen LogP contribution in [-0.2, 0) is 4.74 Å². The summed E-state index contributed by atoms with van der Waals surface area (Å²) in [6.07, 6.45) is 14.3. The predicted octanol–water partition coefficient (Wildman–Crippen LogP) is 4.94. The molecular weight excluding hydrogens is 196 g/mol. The molecule has 0 aromatic carbocycles. The Morgan fingerprint density at radius 1 is 0.938 bits per heavy atom. The second-order valence-electron chi connectivity index (χ2n) is 5.53. The van der Waals surface area contributed by atoms with E-state index in [0.717, 1.165) is 18.9 Å². The molecule has 0 bridgehead atoms. The third kappa shape index (κ3) is 6.52. The molecule has 1 aliphatic rings. The molecule has 0 N–H and O–H groups in total. The molecule has 1 nitrogen and oxygen atoms in total. The Bertz CT molecular complexity index is 156. The Morgan fingerprint density at radius 2 is 1.56 bits per heavy atom. The van der Waals surface area contributed by atoms with Crippen molar-refractivity contribution in [3.63, 3.8) is 0 Å². The van der Waals surface area contributed by atoms with Gasteiger partial charge in [0.1, 0.15) is 0 Å². The molecule has 1 heteroatoms. The van der Waals surface area contributed by atoms with E-state index in [2.05, 4.69) is 13.8 Å². The summed E-state index contributed by atoms with van der Waals surface area (Å²) in [6, 6.07) is 0. The summed E-state index contributed by atoms with van der Waals surface area (Å²) in [4.78, 5) is 0. The minimum atomic E-state index is 0.549. The minimum absolute atomic E-state index is 0.549. The van der Waals surface area contributed by atoms with Crippen LogP contribution in [0.4, 0.5) is 0 Å². The van der Waals surface area contributed by atoms with Crippen molar-refractivity contribution in [1.29, 1.82) is 0 Å². The molecular formula is C15H30O. The largest absolute Gasteiger partial charge is 0.378 e. The van der Waals surface area contributed by atoms with Gasteiger partial charge in [0.25, 0.3) is 0 Å². The summed E-state index contributed by atoms with van der Waals surface area (Å²) in [6.45, 7) is 5.56. The van der Waals surface area contributed by atoms with Gasteiger partial charge in [-0.1, -0.05) is 58.8 Å². The summed E-state index contributed by atoms with van der Waals surface area (Å²) in [5.74, 6) is 0.861. The van der Waals surface area contributed by atoms with Crippen molar-refractivity contribution in [2.24, 2.45) is 5.92 Å². The molecule has 1 saturated carbocycles. The standard InChI is InChI=1S/C15H30O/c1-3-12-16-15-11-9-7-5-4-6-8-10-14(2)13-15/h14-15H,3-13H2,1-2H3. The monoisotopic (exact) mass is 226 g/mol. The zero-order chi connectivity index (χ0) is 11.6. The quantitative estimate of drug-likeness (QED) is 0.662. The first-order valence-electron chi connectivity index (χ1n) is 7.44. The number of hydrogen-bond acceptors (Lipinski definition) is 1. The lowest BCUT2D eigenvalue weighted by Gasteiger charge is -2.21. The van der Waals surface area contributed by atoms with Gasteiger partial charge in [-0.2, -0.15) is 0 Å². The summed E-state index contributed by atoms with van der Waals surface area (Å²) < 4.78 is 5.98. The molecule has 0 aromatic heterocycles. The van der Waals surface area contributed by atoms with Crippen molar-refractivity contribution < 1.29 is 4.74 Å². The molecule has 96 valence electrons. The maximum absolute atomic E-state index is 5.98. The SMILES string of the molecule is CCCOC1CCCCCCCCC(C)C1. The molecule has 0 spiro atoms. The molecule has 1 rings (SSSR count). The van der Waals surface area contributed by atoms with Gasteiger partial charge in [0.05, 0.1) is 6.10 Å².